The summed E-state index contributed by atoms with van der Waals surface area (Å²) in [4.78, 5) is 6.55. The van der Waals surface area contributed by atoms with Crippen molar-refractivity contribution in [2.24, 2.45) is 10.7 Å². The van der Waals surface area contributed by atoms with Gasteiger partial charge in [-0.25, -0.2) is 4.99 Å². The Morgan fingerprint density at radius 2 is 2.04 bits per heavy atom. The van der Waals surface area contributed by atoms with Crippen LogP contribution in [0.2, 0.25) is 0 Å². The highest BCUT2D eigenvalue weighted by atomic mass is 32.1. The van der Waals surface area contributed by atoms with Crippen LogP contribution >= 0.6 is 22.7 Å². The summed E-state index contributed by atoms with van der Waals surface area (Å²) in [5.41, 5.74) is 10.2. The number of hydrogen-bond acceptors (Lipinski definition) is 5. The first kappa shape index (κ1) is 14.2. The molecule has 0 fully saturated rings. The highest BCUT2D eigenvalue weighted by Gasteiger charge is 2.16. The standard InChI is InChI=1S/C17H14N4S2/c18-16(14-2-1-6-22-14)20-12-4-3-10-8-11-5-7-23-15(11)17(19)21-13(10)9-12/h1-7,9H,8H2,(H2,18,20)(H2,19,21). The first-order chi connectivity index (χ1) is 11.2. The number of fused-ring (bicyclic) bond motifs is 2. The van der Waals surface area contributed by atoms with Crippen LogP contribution in [0.3, 0.4) is 0 Å². The third-order valence-electron chi connectivity index (χ3n) is 3.72. The summed E-state index contributed by atoms with van der Waals surface area (Å²) in [6.07, 6.45) is 0.834. The van der Waals surface area contributed by atoms with E-state index in [4.69, 9.17) is 11.1 Å². The monoisotopic (exact) mass is 338 g/mol. The fraction of sp³-hybridized carbons (Fsp3) is 0.0588. The van der Waals surface area contributed by atoms with Crippen molar-refractivity contribution in [1.29, 1.82) is 5.41 Å². The summed E-state index contributed by atoms with van der Waals surface area (Å²) < 4.78 is 0. The molecule has 1 aromatic carbocycles. The molecule has 0 saturated carbocycles. The van der Waals surface area contributed by atoms with E-state index in [-0.39, 0.29) is 0 Å². The van der Waals surface area contributed by atoms with Gasteiger partial charge in [-0.2, -0.15) is 0 Å². The van der Waals surface area contributed by atoms with Crippen molar-refractivity contribution in [3.63, 3.8) is 0 Å². The van der Waals surface area contributed by atoms with Crippen LogP contribution in [0.4, 0.5) is 11.4 Å². The smallest absolute Gasteiger partial charge is 0.141 e. The SMILES string of the molecule is N=C(Nc1ccc2c(c1)N=C(N)c1sccc1C2)c1cccs1. The molecule has 3 heterocycles. The first-order valence-electron chi connectivity index (χ1n) is 7.14. The lowest BCUT2D eigenvalue weighted by molar-refractivity contribution is 1.21. The number of nitrogens with one attached hydrogen (secondary N) is 2. The van der Waals surface area contributed by atoms with E-state index >= 15 is 0 Å². The van der Waals surface area contributed by atoms with Crippen LogP contribution in [0.5, 0.6) is 0 Å². The van der Waals surface area contributed by atoms with Crippen molar-refractivity contribution in [2.45, 2.75) is 6.42 Å². The number of nitrogens with zero attached hydrogens (tertiary/aromatic N) is 1. The average molecular weight is 338 g/mol. The molecular weight excluding hydrogens is 324 g/mol. The molecule has 23 heavy (non-hydrogen) atoms. The van der Waals surface area contributed by atoms with Crippen molar-refractivity contribution in [1.82, 2.24) is 0 Å². The van der Waals surface area contributed by atoms with Gasteiger partial charge >= 0.3 is 0 Å². The number of benzene rings is 1. The van der Waals surface area contributed by atoms with E-state index in [0.29, 0.717) is 11.7 Å². The molecule has 1 aliphatic heterocycles. The zero-order valence-electron chi connectivity index (χ0n) is 12.2. The number of rotatable bonds is 2. The normalized spacial score (nSPS) is 12.8. The van der Waals surface area contributed by atoms with E-state index in [0.717, 1.165) is 33.1 Å². The van der Waals surface area contributed by atoms with Crippen molar-refractivity contribution in [3.8, 4) is 0 Å². The molecule has 114 valence electrons. The van der Waals surface area contributed by atoms with Crippen molar-refractivity contribution >= 4 is 45.7 Å². The molecule has 4 N–H and O–H groups in total. The summed E-state index contributed by atoms with van der Waals surface area (Å²) in [6.45, 7) is 0. The van der Waals surface area contributed by atoms with Crippen LogP contribution < -0.4 is 11.1 Å². The first-order valence-corrected chi connectivity index (χ1v) is 8.90. The summed E-state index contributed by atoms with van der Waals surface area (Å²) >= 11 is 3.17. The highest BCUT2D eigenvalue weighted by molar-refractivity contribution is 7.12. The number of amidine groups is 2. The maximum atomic E-state index is 8.13. The van der Waals surface area contributed by atoms with Gasteiger partial charge in [0.05, 0.1) is 15.4 Å². The van der Waals surface area contributed by atoms with Gasteiger partial charge in [0, 0.05) is 12.1 Å². The second-order valence-corrected chi connectivity index (χ2v) is 7.13. The maximum Gasteiger partial charge on any atom is 0.141 e. The van der Waals surface area contributed by atoms with E-state index in [1.54, 1.807) is 22.7 Å². The van der Waals surface area contributed by atoms with Crippen molar-refractivity contribution in [2.75, 3.05) is 5.32 Å². The fourth-order valence-electron chi connectivity index (χ4n) is 2.61. The zero-order valence-corrected chi connectivity index (χ0v) is 13.8. The van der Waals surface area contributed by atoms with Gasteiger partial charge in [0.25, 0.3) is 0 Å². The summed E-state index contributed by atoms with van der Waals surface area (Å²) in [6, 6.07) is 12.0. The second-order valence-electron chi connectivity index (χ2n) is 5.27. The Balaban J connectivity index is 1.66. The van der Waals surface area contributed by atoms with E-state index in [1.165, 1.54) is 5.56 Å². The molecule has 2 aromatic heterocycles. The lowest BCUT2D eigenvalue weighted by Crippen LogP contribution is -2.11. The molecular formula is C17H14N4S2. The average Bonchev–Trinajstić information content (AvgIpc) is 3.19. The number of hydrogen-bond donors (Lipinski definition) is 3. The van der Waals surface area contributed by atoms with Crippen LogP contribution in [0.25, 0.3) is 0 Å². The van der Waals surface area contributed by atoms with E-state index in [2.05, 4.69) is 27.8 Å². The molecule has 0 radical (unpaired) electrons. The van der Waals surface area contributed by atoms with Crippen LogP contribution in [-0.2, 0) is 6.42 Å². The van der Waals surface area contributed by atoms with E-state index < -0.39 is 0 Å². The molecule has 0 bridgehead atoms. The van der Waals surface area contributed by atoms with Gasteiger partial charge in [-0.3, -0.25) is 5.41 Å². The van der Waals surface area contributed by atoms with Gasteiger partial charge in [0.15, 0.2) is 0 Å². The van der Waals surface area contributed by atoms with Gasteiger partial charge in [0.1, 0.15) is 11.7 Å². The third-order valence-corrected chi connectivity index (χ3v) is 5.59. The molecule has 6 heteroatoms. The second kappa shape index (κ2) is 5.64. The van der Waals surface area contributed by atoms with Crippen molar-refractivity contribution < 1.29 is 0 Å². The molecule has 0 saturated heterocycles. The summed E-state index contributed by atoms with van der Waals surface area (Å²) in [5, 5.41) is 15.3. The topological polar surface area (TPSA) is 74.3 Å². The van der Waals surface area contributed by atoms with Gasteiger partial charge < -0.3 is 11.1 Å². The van der Waals surface area contributed by atoms with Gasteiger partial charge in [-0.15, -0.1) is 22.7 Å². The predicted octanol–water partition coefficient (Wildman–Crippen LogP) is 4.19. The number of thiophene rings is 2. The largest absolute Gasteiger partial charge is 0.382 e. The number of anilines is 1. The Morgan fingerprint density at radius 1 is 1.13 bits per heavy atom. The van der Waals surface area contributed by atoms with Crippen LogP contribution in [0.15, 0.2) is 52.2 Å². The maximum absolute atomic E-state index is 8.13. The van der Waals surface area contributed by atoms with E-state index in [1.807, 2.05) is 29.6 Å². The Hall–Kier alpha value is -2.44. The third kappa shape index (κ3) is 2.67. The van der Waals surface area contributed by atoms with Gasteiger partial charge in [-0.1, -0.05) is 12.1 Å². The Labute approximate surface area is 141 Å². The van der Waals surface area contributed by atoms with Crippen LogP contribution in [-0.4, -0.2) is 11.7 Å². The Bertz CT molecular complexity index is 907. The molecule has 1 aliphatic rings. The zero-order chi connectivity index (χ0) is 15.8. The molecule has 0 aliphatic carbocycles. The highest BCUT2D eigenvalue weighted by Crippen LogP contribution is 2.32. The Morgan fingerprint density at radius 3 is 2.87 bits per heavy atom. The minimum absolute atomic E-state index is 0.393. The minimum Gasteiger partial charge on any atom is -0.382 e. The molecule has 0 atom stereocenters. The molecule has 0 amide bonds. The molecule has 0 spiro atoms. The lowest BCUT2D eigenvalue weighted by atomic mass is 10.0. The summed E-state index contributed by atoms with van der Waals surface area (Å²) in [5.74, 6) is 0.962. The molecule has 3 aromatic rings. The fourth-order valence-corrected chi connectivity index (χ4v) is 4.06. The predicted molar refractivity (Wildman–Crippen MR) is 98.7 cm³/mol. The van der Waals surface area contributed by atoms with Gasteiger partial charge in [-0.05, 0) is 46.2 Å². The van der Waals surface area contributed by atoms with Crippen LogP contribution in [0, 0.1) is 5.41 Å². The quantitative estimate of drug-likeness (QED) is 0.484. The molecule has 0 unspecified atom stereocenters. The van der Waals surface area contributed by atoms with Gasteiger partial charge in [0.2, 0.25) is 0 Å². The Kier molecular flexibility index (Phi) is 3.48. The minimum atomic E-state index is 0.393. The molecule has 4 rings (SSSR count). The molecule has 4 nitrogen and oxygen atoms in total. The number of aliphatic imine (C=N–C) groups is 1. The number of nitrogens with two attached hydrogens (primary N) is 1. The lowest BCUT2D eigenvalue weighted by Gasteiger charge is -2.09. The van der Waals surface area contributed by atoms with Crippen molar-refractivity contribution in [3.05, 3.63) is 68.0 Å². The summed E-state index contributed by atoms with van der Waals surface area (Å²) in [7, 11) is 0. The van der Waals surface area contributed by atoms with Crippen LogP contribution in [0.1, 0.15) is 20.9 Å². The van der Waals surface area contributed by atoms with E-state index in [9.17, 15) is 0 Å².